The molecular weight excluding hydrogens is 328 g/mol. The Labute approximate surface area is 156 Å². The number of rotatable bonds is 4. The van der Waals surface area contributed by atoms with Gasteiger partial charge in [-0.2, -0.15) is 0 Å². The summed E-state index contributed by atoms with van der Waals surface area (Å²) in [5.74, 6) is 1.61. The van der Waals surface area contributed by atoms with Gasteiger partial charge in [0.2, 0.25) is 0 Å². The number of ketones is 1. The molecule has 0 saturated heterocycles. The largest absolute Gasteiger partial charge is 0.496 e. The second-order valence-electron chi connectivity index (χ2n) is 9.05. The molecule has 1 N–H and O–H groups in total. The fraction of sp³-hybridized carbons (Fsp3) is 0.682. The molecule has 1 aromatic rings. The topological polar surface area (TPSA) is 55.8 Å². The summed E-state index contributed by atoms with van der Waals surface area (Å²) in [5.41, 5.74) is 1.56. The number of carbonyl (C=O) groups is 1. The van der Waals surface area contributed by atoms with Crippen molar-refractivity contribution in [1.29, 1.82) is 0 Å². The summed E-state index contributed by atoms with van der Waals surface area (Å²) in [4.78, 5) is 12.5. The van der Waals surface area contributed by atoms with Crippen LogP contribution < -0.4 is 9.47 Å². The monoisotopic (exact) mass is 360 g/mol. The van der Waals surface area contributed by atoms with Gasteiger partial charge in [-0.15, -0.1) is 0 Å². The van der Waals surface area contributed by atoms with Crippen molar-refractivity contribution >= 4 is 5.78 Å². The van der Waals surface area contributed by atoms with E-state index in [0.717, 1.165) is 48.3 Å². The zero-order chi connectivity index (χ0) is 19.1. The number of benzene rings is 1. The van der Waals surface area contributed by atoms with Crippen molar-refractivity contribution in [1.82, 2.24) is 0 Å². The standard InChI is InChI=1S/C22H32O4/c1-14-11-18(25-5)15-8-10-22(4,26-19(15)12-14)13-17(24)20-16(23)7-6-9-21(20,2)3/h11-12,17,20,24H,6-10,13H2,1-5H3/t17?,20?,22-/m1/s1. The number of Topliss-reactive ketones (excluding diaryl/α,β-unsaturated/α-hetero) is 1. The van der Waals surface area contributed by atoms with Crippen LogP contribution in [0.4, 0.5) is 0 Å². The van der Waals surface area contributed by atoms with Gasteiger partial charge >= 0.3 is 0 Å². The number of fused-ring (bicyclic) bond motifs is 1. The SMILES string of the molecule is COc1cc(C)cc2c1CC[C@](C)(CC(O)C1C(=O)CCCC1(C)C)O2. The molecule has 0 spiro atoms. The zero-order valence-corrected chi connectivity index (χ0v) is 16.7. The van der Waals surface area contributed by atoms with E-state index in [1.165, 1.54) is 0 Å². The first-order valence-corrected chi connectivity index (χ1v) is 9.72. The van der Waals surface area contributed by atoms with Gasteiger partial charge in [0, 0.05) is 24.3 Å². The van der Waals surface area contributed by atoms with Gasteiger partial charge in [0.25, 0.3) is 0 Å². The molecule has 1 aliphatic carbocycles. The maximum absolute atomic E-state index is 12.5. The molecule has 4 nitrogen and oxygen atoms in total. The molecule has 1 aliphatic heterocycles. The minimum absolute atomic E-state index is 0.155. The molecule has 3 atom stereocenters. The quantitative estimate of drug-likeness (QED) is 0.873. The third kappa shape index (κ3) is 3.62. The number of aliphatic hydroxyl groups excluding tert-OH is 1. The van der Waals surface area contributed by atoms with Gasteiger partial charge in [-0.05, 0) is 62.6 Å². The number of methoxy groups -OCH3 is 1. The summed E-state index contributed by atoms with van der Waals surface area (Å²) in [7, 11) is 1.68. The third-order valence-corrected chi connectivity index (χ3v) is 6.25. The molecule has 1 saturated carbocycles. The number of aliphatic hydroxyl groups is 1. The van der Waals surface area contributed by atoms with Crippen LogP contribution in [0.5, 0.6) is 11.5 Å². The van der Waals surface area contributed by atoms with Crippen LogP contribution in [0, 0.1) is 18.3 Å². The van der Waals surface area contributed by atoms with Crippen molar-refractivity contribution in [2.75, 3.05) is 7.11 Å². The highest BCUT2D eigenvalue weighted by Crippen LogP contribution is 2.45. The fourth-order valence-corrected chi connectivity index (χ4v) is 4.88. The molecule has 0 radical (unpaired) electrons. The summed E-state index contributed by atoms with van der Waals surface area (Å²) < 4.78 is 11.9. The number of carbonyl (C=O) groups excluding carboxylic acids is 1. The second kappa shape index (κ2) is 6.88. The van der Waals surface area contributed by atoms with Crippen LogP contribution in [0.25, 0.3) is 0 Å². The van der Waals surface area contributed by atoms with E-state index >= 15 is 0 Å². The highest BCUT2D eigenvalue weighted by molar-refractivity contribution is 5.83. The zero-order valence-electron chi connectivity index (χ0n) is 16.7. The Morgan fingerprint density at radius 2 is 2.00 bits per heavy atom. The predicted octanol–water partition coefficient (Wildman–Crippen LogP) is 4.23. The van der Waals surface area contributed by atoms with Crippen LogP contribution in [0.3, 0.4) is 0 Å². The van der Waals surface area contributed by atoms with Crippen LogP contribution in [-0.2, 0) is 11.2 Å². The van der Waals surface area contributed by atoms with E-state index in [0.29, 0.717) is 12.8 Å². The maximum atomic E-state index is 12.5. The average molecular weight is 360 g/mol. The lowest BCUT2D eigenvalue weighted by Crippen LogP contribution is -2.48. The summed E-state index contributed by atoms with van der Waals surface area (Å²) in [6, 6.07) is 4.07. The van der Waals surface area contributed by atoms with E-state index < -0.39 is 11.7 Å². The van der Waals surface area contributed by atoms with Crippen molar-refractivity contribution in [2.24, 2.45) is 11.3 Å². The molecule has 3 rings (SSSR count). The fourth-order valence-electron chi connectivity index (χ4n) is 4.88. The molecule has 1 fully saturated rings. The molecule has 1 heterocycles. The molecule has 4 heteroatoms. The first-order valence-electron chi connectivity index (χ1n) is 9.72. The lowest BCUT2D eigenvalue weighted by atomic mass is 9.64. The summed E-state index contributed by atoms with van der Waals surface area (Å²) >= 11 is 0. The molecule has 26 heavy (non-hydrogen) atoms. The van der Waals surface area contributed by atoms with Gasteiger partial charge in [0.15, 0.2) is 0 Å². The Morgan fingerprint density at radius 3 is 2.65 bits per heavy atom. The molecule has 0 amide bonds. The van der Waals surface area contributed by atoms with Gasteiger partial charge < -0.3 is 14.6 Å². The maximum Gasteiger partial charge on any atom is 0.139 e. The third-order valence-electron chi connectivity index (χ3n) is 6.25. The van der Waals surface area contributed by atoms with Crippen molar-refractivity contribution in [3.05, 3.63) is 23.3 Å². The van der Waals surface area contributed by atoms with Crippen molar-refractivity contribution in [3.8, 4) is 11.5 Å². The number of hydrogen-bond acceptors (Lipinski definition) is 4. The first kappa shape index (κ1) is 19.2. The lowest BCUT2D eigenvalue weighted by Gasteiger charge is -2.44. The Balaban J connectivity index is 1.80. The van der Waals surface area contributed by atoms with E-state index in [1.807, 2.05) is 26.0 Å². The number of ether oxygens (including phenoxy) is 2. The van der Waals surface area contributed by atoms with E-state index in [4.69, 9.17) is 9.47 Å². The van der Waals surface area contributed by atoms with E-state index in [9.17, 15) is 9.90 Å². The van der Waals surface area contributed by atoms with Crippen LogP contribution in [0.2, 0.25) is 0 Å². The summed E-state index contributed by atoms with van der Waals surface area (Å²) in [6.45, 7) is 8.28. The highest BCUT2D eigenvalue weighted by atomic mass is 16.5. The molecular formula is C22H32O4. The molecule has 1 aromatic carbocycles. The Morgan fingerprint density at radius 1 is 1.27 bits per heavy atom. The normalized spacial score (nSPS) is 28.8. The minimum Gasteiger partial charge on any atom is -0.496 e. The molecule has 144 valence electrons. The van der Waals surface area contributed by atoms with Crippen LogP contribution in [0.1, 0.15) is 64.0 Å². The van der Waals surface area contributed by atoms with Crippen LogP contribution >= 0.6 is 0 Å². The summed E-state index contributed by atoms with van der Waals surface area (Å²) in [5, 5.41) is 11.0. The molecule has 0 bridgehead atoms. The molecule has 0 aromatic heterocycles. The highest BCUT2D eigenvalue weighted by Gasteiger charge is 2.45. The Hall–Kier alpha value is -1.55. The molecule has 2 aliphatic rings. The van der Waals surface area contributed by atoms with Gasteiger partial charge in [-0.3, -0.25) is 4.79 Å². The van der Waals surface area contributed by atoms with Gasteiger partial charge in [-0.1, -0.05) is 13.8 Å². The van der Waals surface area contributed by atoms with E-state index in [2.05, 4.69) is 13.8 Å². The Kier molecular flexibility index (Phi) is 5.08. The van der Waals surface area contributed by atoms with E-state index in [1.54, 1.807) is 7.11 Å². The predicted molar refractivity (Wildman–Crippen MR) is 102 cm³/mol. The van der Waals surface area contributed by atoms with Gasteiger partial charge in [0.05, 0.1) is 13.2 Å². The molecule has 2 unspecified atom stereocenters. The Bertz CT molecular complexity index is 694. The number of aryl methyl sites for hydroxylation is 1. The lowest BCUT2D eigenvalue weighted by molar-refractivity contribution is -0.138. The second-order valence-corrected chi connectivity index (χ2v) is 9.05. The number of hydrogen-bond donors (Lipinski definition) is 1. The van der Waals surface area contributed by atoms with Gasteiger partial charge in [0.1, 0.15) is 22.9 Å². The van der Waals surface area contributed by atoms with Crippen molar-refractivity contribution in [2.45, 2.75) is 77.9 Å². The first-order chi connectivity index (χ1) is 12.1. The van der Waals surface area contributed by atoms with Crippen LogP contribution in [-0.4, -0.2) is 29.7 Å². The summed E-state index contributed by atoms with van der Waals surface area (Å²) in [6.07, 6.45) is 3.95. The van der Waals surface area contributed by atoms with Crippen molar-refractivity contribution in [3.63, 3.8) is 0 Å². The average Bonchev–Trinajstić information content (AvgIpc) is 2.51. The van der Waals surface area contributed by atoms with Gasteiger partial charge in [-0.25, -0.2) is 0 Å². The van der Waals surface area contributed by atoms with Crippen molar-refractivity contribution < 1.29 is 19.4 Å². The van der Waals surface area contributed by atoms with Crippen LogP contribution in [0.15, 0.2) is 12.1 Å². The minimum atomic E-state index is -0.670. The van der Waals surface area contributed by atoms with E-state index in [-0.39, 0.29) is 17.1 Å². The smallest absolute Gasteiger partial charge is 0.139 e.